The first kappa shape index (κ1) is 52.2. The summed E-state index contributed by atoms with van der Waals surface area (Å²) < 4.78 is 0. The fourth-order valence-electron chi connectivity index (χ4n) is 7.68. The molecule has 0 bridgehead atoms. The summed E-state index contributed by atoms with van der Waals surface area (Å²) in [6.45, 7) is 17.4. The van der Waals surface area contributed by atoms with Crippen LogP contribution in [0.4, 0.5) is 0 Å². The second-order valence-electron chi connectivity index (χ2n) is 20.2. The molecule has 0 aromatic heterocycles. The number of Topliss-reactive ketones (excluding diaryl/α,β-unsaturated/α-hetero) is 1. The van der Waals surface area contributed by atoms with Gasteiger partial charge in [0.1, 0.15) is 23.2 Å². The van der Waals surface area contributed by atoms with Gasteiger partial charge >= 0.3 is 0 Å². The van der Waals surface area contributed by atoms with Gasteiger partial charge in [0.05, 0.1) is 11.6 Å². The van der Waals surface area contributed by atoms with Crippen molar-refractivity contribution in [1.82, 2.24) is 37.2 Å². The Morgan fingerprint density at radius 1 is 0.515 bits per heavy atom. The second-order valence-corrected chi connectivity index (χ2v) is 20.2. The molecule has 0 saturated carbocycles. The Labute approximate surface area is 399 Å². The van der Waals surface area contributed by atoms with Gasteiger partial charge in [0.15, 0.2) is 11.6 Å². The topological polar surface area (TPSA) is 221 Å². The molecule has 1 saturated heterocycles. The van der Waals surface area contributed by atoms with Gasteiger partial charge in [0, 0.05) is 41.5 Å². The molecule has 4 aromatic rings. The Morgan fingerprint density at radius 2 is 1.01 bits per heavy atom. The third kappa shape index (κ3) is 13.2. The molecule has 6 amide bonds. The van der Waals surface area contributed by atoms with Crippen molar-refractivity contribution in [1.29, 1.82) is 0 Å². The van der Waals surface area contributed by atoms with Crippen LogP contribution in [0.1, 0.15) is 110 Å². The van der Waals surface area contributed by atoms with E-state index < -0.39 is 93.5 Å². The molecule has 15 heteroatoms. The van der Waals surface area contributed by atoms with Crippen molar-refractivity contribution in [2.24, 2.45) is 5.92 Å². The van der Waals surface area contributed by atoms with E-state index in [-0.39, 0.29) is 25.0 Å². The van der Waals surface area contributed by atoms with Crippen molar-refractivity contribution in [2.75, 3.05) is 0 Å². The number of nitrogens with one attached hydrogen (secondary N) is 7. The van der Waals surface area contributed by atoms with Gasteiger partial charge in [-0.05, 0) is 97.6 Å². The molecule has 4 unspecified atom stereocenters. The SMILES string of the molecule is CC1CC(=O)C(C)(C)NC(=O)C(Cc2ccc(C(=O)c3ccccc3)cc2)NC(=O)C(C)(C)NC(=O)C(C)NC(=O)C(C)(C)NC(=O)C(Cc2ccc3ccccc3c2)N[C@@H](C)C(C)(C)NC1=O. The minimum Gasteiger partial charge on any atom is -0.349 e. The highest BCUT2D eigenvalue weighted by atomic mass is 16.2. The molecule has 0 aliphatic carbocycles. The molecule has 362 valence electrons. The van der Waals surface area contributed by atoms with Crippen molar-refractivity contribution in [3.05, 3.63) is 119 Å². The number of amides is 6. The molecule has 1 aliphatic heterocycles. The largest absolute Gasteiger partial charge is 0.349 e. The van der Waals surface area contributed by atoms with Gasteiger partial charge in [0.25, 0.3) is 0 Å². The van der Waals surface area contributed by atoms with Crippen LogP contribution in [0, 0.1) is 5.92 Å². The molecule has 7 N–H and O–H groups in total. The van der Waals surface area contributed by atoms with E-state index >= 15 is 0 Å². The third-order valence-corrected chi connectivity index (χ3v) is 12.7. The summed E-state index contributed by atoms with van der Waals surface area (Å²) in [7, 11) is 0. The summed E-state index contributed by atoms with van der Waals surface area (Å²) in [5.74, 6) is -5.27. The van der Waals surface area contributed by atoms with Gasteiger partial charge in [-0.1, -0.05) is 104 Å². The van der Waals surface area contributed by atoms with E-state index in [2.05, 4.69) is 37.2 Å². The molecule has 5 atom stereocenters. The van der Waals surface area contributed by atoms with Crippen LogP contribution in [0.3, 0.4) is 0 Å². The lowest BCUT2D eigenvalue weighted by Crippen LogP contribution is -2.65. The van der Waals surface area contributed by atoms with Gasteiger partial charge in [-0.15, -0.1) is 0 Å². The summed E-state index contributed by atoms with van der Waals surface area (Å²) in [5, 5.41) is 22.1. The van der Waals surface area contributed by atoms with Gasteiger partial charge < -0.3 is 37.2 Å². The van der Waals surface area contributed by atoms with Crippen LogP contribution in [0.2, 0.25) is 0 Å². The Bertz CT molecular complexity index is 2550. The van der Waals surface area contributed by atoms with Crippen LogP contribution < -0.4 is 37.2 Å². The molecule has 1 aliphatic rings. The first-order valence-electron chi connectivity index (χ1n) is 23.0. The molecule has 15 nitrogen and oxygen atoms in total. The van der Waals surface area contributed by atoms with Crippen LogP contribution in [0.5, 0.6) is 0 Å². The van der Waals surface area contributed by atoms with E-state index in [1.165, 1.54) is 48.5 Å². The third-order valence-electron chi connectivity index (χ3n) is 12.7. The highest BCUT2D eigenvalue weighted by molar-refractivity contribution is 6.09. The molecule has 0 spiro atoms. The molecule has 0 radical (unpaired) electrons. The number of fused-ring (bicyclic) bond motifs is 1. The van der Waals surface area contributed by atoms with Crippen LogP contribution in [-0.2, 0) is 46.4 Å². The molecule has 4 aromatic carbocycles. The number of carbonyl (C=O) groups is 8. The standard InChI is InChI=1S/C53H67N7O8/c1-31-27-42(61)51(6,7)59-47(66)41(29-34-21-25-38(26-22-34)43(62)37-18-13-12-14-19-37)56-49(68)53(10,11)58-45(64)32(2)54-48(67)52(8,9)60-46(65)40(55-33(3)50(4,5)57-44(31)63)30-35-23-24-36-17-15-16-20-39(36)28-35/h12-26,28,31-33,40-41,55H,27,29-30H2,1-11H3,(H,54,67)(H,56,68)(H,57,63)(H,58,64)(H,59,66)(H,60,65)/t31?,32?,33-,40?,41?/m0/s1. The molecular formula is C53H67N7O8. The maximum absolute atomic E-state index is 14.3. The van der Waals surface area contributed by atoms with E-state index in [0.717, 1.165) is 16.3 Å². The summed E-state index contributed by atoms with van der Waals surface area (Å²) in [4.78, 5) is 111. The summed E-state index contributed by atoms with van der Waals surface area (Å²) in [6.07, 6.45) is -0.0955. The number of carbonyl (C=O) groups excluding carboxylic acids is 8. The zero-order valence-electron chi connectivity index (χ0n) is 41.0. The lowest BCUT2D eigenvalue weighted by atomic mass is 9.88. The van der Waals surface area contributed by atoms with Crippen molar-refractivity contribution < 1.29 is 38.4 Å². The molecular weight excluding hydrogens is 863 g/mol. The normalized spacial score (nSPS) is 24.2. The Morgan fingerprint density at radius 3 is 1.65 bits per heavy atom. The van der Waals surface area contributed by atoms with Crippen molar-refractivity contribution in [3.63, 3.8) is 0 Å². The quantitative estimate of drug-likeness (QED) is 0.136. The maximum Gasteiger partial charge on any atom is 0.245 e. The van der Waals surface area contributed by atoms with Crippen molar-refractivity contribution in [2.45, 2.75) is 142 Å². The van der Waals surface area contributed by atoms with Crippen LogP contribution in [0.25, 0.3) is 10.8 Å². The zero-order valence-corrected chi connectivity index (χ0v) is 41.0. The molecule has 68 heavy (non-hydrogen) atoms. The smallest absolute Gasteiger partial charge is 0.245 e. The zero-order chi connectivity index (χ0) is 50.4. The van der Waals surface area contributed by atoms with E-state index in [9.17, 15) is 38.4 Å². The number of hydrogen-bond acceptors (Lipinski definition) is 9. The molecule has 5 rings (SSSR count). The van der Waals surface area contributed by atoms with E-state index in [1.807, 2.05) is 55.5 Å². The monoisotopic (exact) mass is 930 g/mol. The van der Waals surface area contributed by atoms with E-state index in [4.69, 9.17) is 0 Å². The first-order chi connectivity index (χ1) is 31.7. The maximum atomic E-state index is 14.3. The Balaban J connectivity index is 1.44. The molecule has 1 fully saturated rings. The highest BCUT2D eigenvalue weighted by Gasteiger charge is 2.41. The molecule has 1 heterocycles. The van der Waals surface area contributed by atoms with Gasteiger partial charge in [-0.3, -0.25) is 38.4 Å². The average molecular weight is 930 g/mol. The number of benzene rings is 4. The fraction of sp³-hybridized carbons (Fsp3) is 0.434. The number of rotatable bonds is 6. The average Bonchev–Trinajstić information content (AvgIpc) is 3.27. The second kappa shape index (κ2) is 21.1. The number of hydrogen-bond donors (Lipinski definition) is 7. The first-order valence-corrected chi connectivity index (χ1v) is 23.0. The van der Waals surface area contributed by atoms with Crippen LogP contribution >= 0.6 is 0 Å². The minimum atomic E-state index is -1.64. The predicted molar refractivity (Wildman–Crippen MR) is 261 cm³/mol. The van der Waals surface area contributed by atoms with E-state index in [1.54, 1.807) is 69.3 Å². The van der Waals surface area contributed by atoms with Crippen LogP contribution in [0.15, 0.2) is 97.1 Å². The van der Waals surface area contributed by atoms with Gasteiger partial charge in [-0.2, -0.15) is 0 Å². The summed E-state index contributed by atoms with van der Waals surface area (Å²) >= 11 is 0. The lowest BCUT2D eigenvalue weighted by Gasteiger charge is -2.38. The predicted octanol–water partition coefficient (Wildman–Crippen LogP) is 4.38. The van der Waals surface area contributed by atoms with Crippen LogP contribution in [-0.4, -0.2) is 93.3 Å². The van der Waals surface area contributed by atoms with Gasteiger partial charge in [-0.25, -0.2) is 0 Å². The van der Waals surface area contributed by atoms with E-state index in [0.29, 0.717) is 16.7 Å². The summed E-state index contributed by atoms with van der Waals surface area (Å²) in [5.41, 5.74) is -3.32. The fourth-order valence-corrected chi connectivity index (χ4v) is 7.68. The Kier molecular flexibility index (Phi) is 16.2. The highest BCUT2D eigenvalue weighted by Crippen LogP contribution is 2.21. The van der Waals surface area contributed by atoms with Crippen molar-refractivity contribution in [3.8, 4) is 0 Å². The number of ketones is 2. The minimum absolute atomic E-state index is 0.0673. The lowest BCUT2D eigenvalue weighted by molar-refractivity contribution is -0.138. The Hall–Kier alpha value is -6.74. The summed E-state index contributed by atoms with van der Waals surface area (Å²) in [6, 6.07) is 25.2. The van der Waals surface area contributed by atoms with Crippen molar-refractivity contribution >= 4 is 57.8 Å². The van der Waals surface area contributed by atoms with Gasteiger partial charge in [0.2, 0.25) is 35.4 Å².